The van der Waals surface area contributed by atoms with Gasteiger partial charge in [-0.2, -0.15) is 0 Å². The van der Waals surface area contributed by atoms with Gasteiger partial charge in [-0.3, -0.25) is 4.79 Å². The third-order valence-electron chi connectivity index (χ3n) is 3.85. The van der Waals surface area contributed by atoms with Crippen LogP contribution >= 0.6 is 11.8 Å². The lowest BCUT2D eigenvalue weighted by atomic mass is 10.1. The quantitative estimate of drug-likeness (QED) is 0.484. The molecule has 0 aliphatic carbocycles. The van der Waals surface area contributed by atoms with Crippen molar-refractivity contribution < 1.29 is 14.6 Å². The van der Waals surface area contributed by atoms with Crippen molar-refractivity contribution >= 4 is 17.7 Å². The Labute approximate surface area is 148 Å². The fraction of sp³-hybridized carbons (Fsp3) is 0.350. The zero-order valence-electron chi connectivity index (χ0n) is 14.0. The van der Waals surface area contributed by atoms with Gasteiger partial charge in [-0.15, -0.1) is 11.8 Å². The molecule has 0 aromatic heterocycles. The fourth-order valence-corrected chi connectivity index (χ4v) is 3.78. The van der Waals surface area contributed by atoms with Gasteiger partial charge >= 0.3 is 5.97 Å². The summed E-state index contributed by atoms with van der Waals surface area (Å²) in [5.41, 5.74) is 1.34. The number of thioether (sulfide) groups is 1. The molecule has 128 valence electrons. The predicted octanol–water partition coefficient (Wildman–Crippen LogP) is 5.04. The van der Waals surface area contributed by atoms with E-state index in [4.69, 9.17) is 9.84 Å². The zero-order valence-corrected chi connectivity index (χ0v) is 14.8. The topological polar surface area (TPSA) is 46.5 Å². The molecule has 2 aromatic carbocycles. The predicted molar refractivity (Wildman–Crippen MR) is 98.9 cm³/mol. The first kappa shape index (κ1) is 18.4. The molecular formula is C20H24O3S. The number of hydrogen-bond acceptors (Lipinski definition) is 3. The maximum atomic E-state index is 11.1. The summed E-state index contributed by atoms with van der Waals surface area (Å²) in [6.45, 7) is 0. The van der Waals surface area contributed by atoms with Crippen LogP contribution in [-0.4, -0.2) is 23.4 Å². The van der Waals surface area contributed by atoms with E-state index in [0.29, 0.717) is 0 Å². The molecule has 0 aliphatic rings. The van der Waals surface area contributed by atoms with E-state index in [2.05, 4.69) is 24.3 Å². The van der Waals surface area contributed by atoms with Crippen LogP contribution in [0.3, 0.4) is 0 Å². The van der Waals surface area contributed by atoms with Gasteiger partial charge in [0.05, 0.1) is 13.5 Å². The summed E-state index contributed by atoms with van der Waals surface area (Å²) in [4.78, 5) is 12.2. The molecule has 1 unspecified atom stereocenters. The molecule has 0 saturated heterocycles. The van der Waals surface area contributed by atoms with E-state index < -0.39 is 5.97 Å². The number of hydrogen-bond donors (Lipinski definition) is 1. The Morgan fingerprint density at radius 3 is 2.42 bits per heavy atom. The molecule has 0 heterocycles. The van der Waals surface area contributed by atoms with Crippen LogP contribution in [-0.2, 0) is 11.2 Å². The Balaban J connectivity index is 1.82. The first-order valence-electron chi connectivity index (χ1n) is 8.24. The molecular weight excluding hydrogens is 320 g/mol. The Hall–Kier alpha value is -1.94. The average molecular weight is 344 g/mol. The lowest BCUT2D eigenvalue weighted by Crippen LogP contribution is -2.10. The van der Waals surface area contributed by atoms with Gasteiger partial charge in [-0.05, 0) is 49.1 Å². The van der Waals surface area contributed by atoms with Gasteiger partial charge in [0.1, 0.15) is 5.75 Å². The Morgan fingerprint density at radius 1 is 1.08 bits per heavy atom. The molecule has 3 nitrogen and oxygen atoms in total. The molecule has 0 fully saturated rings. The number of methoxy groups -OCH3 is 1. The van der Waals surface area contributed by atoms with Gasteiger partial charge in [0.25, 0.3) is 0 Å². The fourth-order valence-electron chi connectivity index (χ4n) is 2.59. The minimum Gasteiger partial charge on any atom is -0.497 e. The highest BCUT2D eigenvalue weighted by Gasteiger charge is 2.14. The normalized spacial score (nSPS) is 11.9. The molecule has 0 saturated carbocycles. The average Bonchev–Trinajstić information content (AvgIpc) is 2.59. The van der Waals surface area contributed by atoms with Crippen molar-refractivity contribution in [3.05, 3.63) is 60.2 Å². The summed E-state index contributed by atoms with van der Waals surface area (Å²) in [5, 5.41) is 9.25. The number of aryl methyl sites for hydroxylation is 1. The second-order valence-electron chi connectivity index (χ2n) is 5.74. The summed E-state index contributed by atoms with van der Waals surface area (Å²) >= 11 is 1.65. The summed E-state index contributed by atoms with van der Waals surface area (Å²) in [6.07, 6.45) is 4.28. The van der Waals surface area contributed by atoms with E-state index in [9.17, 15) is 4.79 Å². The molecule has 0 aliphatic heterocycles. The van der Waals surface area contributed by atoms with Crippen LogP contribution in [0.2, 0.25) is 0 Å². The highest BCUT2D eigenvalue weighted by molar-refractivity contribution is 8.00. The van der Waals surface area contributed by atoms with Crippen molar-refractivity contribution in [2.75, 3.05) is 7.11 Å². The minimum atomic E-state index is -0.732. The van der Waals surface area contributed by atoms with Crippen molar-refractivity contribution in [3.8, 4) is 5.75 Å². The van der Waals surface area contributed by atoms with Crippen LogP contribution in [0.4, 0.5) is 0 Å². The molecule has 2 rings (SSSR count). The number of carboxylic acids is 1. The van der Waals surface area contributed by atoms with Crippen LogP contribution in [0.25, 0.3) is 0 Å². The summed E-state index contributed by atoms with van der Waals surface area (Å²) in [5.74, 6) is 0.0843. The van der Waals surface area contributed by atoms with Crippen LogP contribution < -0.4 is 4.74 Å². The van der Waals surface area contributed by atoms with Gasteiger partial charge in [-0.25, -0.2) is 0 Å². The number of benzene rings is 2. The summed E-state index contributed by atoms with van der Waals surface area (Å²) in [7, 11) is 1.64. The van der Waals surface area contributed by atoms with E-state index in [-0.39, 0.29) is 11.7 Å². The van der Waals surface area contributed by atoms with Crippen molar-refractivity contribution in [2.45, 2.75) is 42.2 Å². The van der Waals surface area contributed by atoms with E-state index in [0.717, 1.165) is 36.3 Å². The molecule has 4 heteroatoms. The van der Waals surface area contributed by atoms with Crippen LogP contribution in [0.1, 0.15) is 31.2 Å². The van der Waals surface area contributed by atoms with Crippen molar-refractivity contribution in [3.63, 3.8) is 0 Å². The van der Waals surface area contributed by atoms with Gasteiger partial charge in [0.2, 0.25) is 0 Å². The Bertz CT molecular complexity index is 611. The van der Waals surface area contributed by atoms with Crippen molar-refractivity contribution in [1.82, 2.24) is 0 Å². The van der Waals surface area contributed by atoms with Gasteiger partial charge < -0.3 is 9.84 Å². The third kappa shape index (κ3) is 6.67. The number of carboxylic acid groups (broad SMARTS) is 1. The van der Waals surface area contributed by atoms with Crippen molar-refractivity contribution in [2.24, 2.45) is 0 Å². The Kier molecular flexibility index (Phi) is 7.69. The lowest BCUT2D eigenvalue weighted by molar-refractivity contribution is -0.137. The van der Waals surface area contributed by atoms with E-state index in [1.54, 1.807) is 18.9 Å². The maximum absolute atomic E-state index is 11.1. The number of carbonyl (C=O) groups is 1. The van der Waals surface area contributed by atoms with E-state index >= 15 is 0 Å². The molecule has 0 spiro atoms. The van der Waals surface area contributed by atoms with Crippen LogP contribution in [0.5, 0.6) is 5.75 Å². The van der Waals surface area contributed by atoms with Crippen LogP contribution in [0.15, 0.2) is 59.5 Å². The van der Waals surface area contributed by atoms with Gasteiger partial charge in [0.15, 0.2) is 0 Å². The largest absolute Gasteiger partial charge is 0.497 e. The first-order chi connectivity index (χ1) is 11.7. The SMILES string of the molecule is COc1ccc(SC(CCCCc2ccccc2)CC(=O)O)cc1. The monoisotopic (exact) mass is 344 g/mol. The third-order valence-corrected chi connectivity index (χ3v) is 5.13. The first-order valence-corrected chi connectivity index (χ1v) is 9.12. The number of rotatable bonds is 10. The minimum absolute atomic E-state index is 0.103. The molecule has 24 heavy (non-hydrogen) atoms. The standard InChI is InChI=1S/C20H24O3S/c1-23-17-11-13-18(14-12-17)24-19(15-20(21)22)10-6-5-9-16-7-3-2-4-8-16/h2-4,7-8,11-14,19H,5-6,9-10,15H2,1H3,(H,21,22). The lowest BCUT2D eigenvalue weighted by Gasteiger charge is -2.15. The zero-order chi connectivity index (χ0) is 17.2. The van der Waals surface area contributed by atoms with E-state index in [1.165, 1.54) is 5.56 Å². The summed E-state index contributed by atoms with van der Waals surface area (Å²) in [6, 6.07) is 18.2. The molecule has 1 atom stereocenters. The number of unbranched alkanes of at least 4 members (excludes halogenated alkanes) is 1. The second-order valence-corrected chi connectivity index (χ2v) is 7.12. The number of aliphatic carboxylic acids is 1. The van der Waals surface area contributed by atoms with Crippen LogP contribution in [0, 0.1) is 0 Å². The molecule has 0 radical (unpaired) electrons. The van der Waals surface area contributed by atoms with Gasteiger partial charge in [-0.1, -0.05) is 36.8 Å². The highest BCUT2D eigenvalue weighted by Crippen LogP contribution is 2.30. The number of ether oxygens (including phenoxy) is 1. The molecule has 0 bridgehead atoms. The Morgan fingerprint density at radius 2 is 1.79 bits per heavy atom. The molecule has 1 N–H and O–H groups in total. The summed E-state index contributed by atoms with van der Waals surface area (Å²) < 4.78 is 5.16. The molecule has 2 aromatic rings. The van der Waals surface area contributed by atoms with Crippen molar-refractivity contribution in [1.29, 1.82) is 0 Å². The molecule has 0 amide bonds. The van der Waals surface area contributed by atoms with Gasteiger partial charge in [0, 0.05) is 10.1 Å². The highest BCUT2D eigenvalue weighted by atomic mass is 32.2. The smallest absolute Gasteiger partial charge is 0.304 e. The van der Waals surface area contributed by atoms with E-state index in [1.807, 2.05) is 30.3 Å². The second kappa shape index (κ2) is 10.0. The maximum Gasteiger partial charge on any atom is 0.304 e.